The Morgan fingerprint density at radius 3 is 2.29 bits per heavy atom. The van der Waals surface area contributed by atoms with Gasteiger partial charge in [0.25, 0.3) is 10.0 Å². The van der Waals surface area contributed by atoms with Gasteiger partial charge >= 0.3 is 0 Å². The molecule has 0 saturated heterocycles. The van der Waals surface area contributed by atoms with E-state index in [9.17, 15) is 13.2 Å². The van der Waals surface area contributed by atoms with E-state index in [0.29, 0.717) is 11.4 Å². The zero-order valence-electron chi connectivity index (χ0n) is 19.6. The Bertz CT molecular complexity index is 1320. The second-order valence-electron chi connectivity index (χ2n) is 7.12. The van der Waals surface area contributed by atoms with Crippen molar-refractivity contribution in [3.8, 4) is 17.2 Å². The predicted octanol–water partition coefficient (Wildman–Crippen LogP) is 4.92. The molecule has 8 nitrogen and oxygen atoms in total. The van der Waals surface area contributed by atoms with Gasteiger partial charge in [-0.25, -0.2) is 8.42 Å². The summed E-state index contributed by atoms with van der Waals surface area (Å²) in [4.78, 5) is 13.9. The smallest absolute Gasteiger partial charge is 0.265 e. The fourth-order valence-electron chi connectivity index (χ4n) is 3.29. The van der Waals surface area contributed by atoms with Crippen LogP contribution < -0.4 is 23.8 Å². The number of hydrogen-bond donors (Lipinski definition) is 1. The molecule has 3 aromatic rings. The van der Waals surface area contributed by atoms with Gasteiger partial charge in [-0.1, -0.05) is 17.7 Å². The molecule has 3 aromatic carbocycles. The summed E-state index contributed by atoms with van der Waals surface area (Å²) in [7, 11) is -0.00747. The van der Waals surface area contributed by atoms with Crippen molar-refractivity contribution in [2.24, 2.45) is 0 Å². The number of halogens is 1. The van der Waals surface area contributed by atoms with Crippen LogP contribution >= 0.6 is 23.4 Å². The number of nitrogens with one attached hydrogen (secondary N) is 1. The quantitative estimate of drug-likeness (QED) is 0.367. The number of carbonyl (C=O) groups is 1. The number of sulfonamides is 1. The largest absolute Gasteiger partial charge is 0.495 e. The van der Waals surface area contributed by atoms with E-state index in [-0.39, 0.29) is 27.1 Å². The van der Waals surface area contributed by atoms with E-state index in [1.807, 2.05) is 12.3 Å². The highest BCUT2D eigenvalue weighted by Gasteiger charge is 2.30. The molecule has 35 heavy (non-hydrogen) atoms. The number of nitrogens with zero attached hydrogens (tertiary/aromatic N) is 1. The first-order valence-electron chi connectivity index (χ1n) is 10.3. The van der Waals surface area contributed by atoms with E-state index in [4.69, 9.17) is 25.8 Å². The summed E-state index contributed by atoms with van der Waals surface area (Å²) >= 11 is 7.71. The minimum absolute atomic E-state index is 0.102. The number of rotatable bonds is 10. The minimum atomic E-state index is -4.27. The lowest BCUT2D eigenvalue weighted by Crippen LogP contribution is -2.38. The fraction of sp³-hybridized carbons (Fsp3) is 0.208. The lowest BCUT2D eigenvalue weighted by molar-refractivity contribution is -0.114. The van der Waals surface area contributed by atoms with Gasteiger partial charge in [0.05, 0.1) is 31.9 Å². The topological polar surface area (TPSA) is 94.2 Å². The molecular weight excluding hydrogens is 512 g/mol. The van der Waals surface area contributed by atoms with Gasteiger partial charge in [-0.3, -0.25) is 9.10 Å². The van der Waals surface area contributed by atoms with Crippen molar-refractivity contribution in [3.05, 3.63) is 65.7 Å². The van der Waals surface area contributed by atoms with Crippen LogP contribution in [-0.4, -0.2) is 48.5 Å². The molecule has 0 aliphatic carbocycles. The van der Waals surface area contributed by atoms with E-state index in [0.717, 1.165) is 9.20 Å². The Morgan fingerprint density at radius 1 is 0.943 bits per heavy atom. The maximum absolute atomic E-state index is 13.8. The third-order valence-electron chi connectivity index (χ3n) is 4.99. The highest BCUT2D eigenvalue weighted by molar-refractivity contribution is 7.98. The number of thioether (sulfide) groups is 1. The average molecular weight is 537 g/mol. The monoisotopic (exact) mass is 536 g/mol. The second kappa shape index (κ2) is 11.6. The van der Waals surface area contributed by atoms with Gasteiger partial charge in [0.1, 0.15) is 12.3 Å². The first-order valence-corrected chi connectivity index (χ1v) is 13.3. The molecule has 0 saturated carbocycles. The van der Waals surface area contributed by atoms with Crippen LogP contribution in [0.3, 0.4) is 0 Å². The lowest BCUT2D eigenvalue weighted by Gasteiger charge is -2.26. The second-order valence-corrected chi connectivity index (χ2v) is 10.3. The molecule has 0 fully saturated rings. The van der Waals surface area contributed by atoms with Crippen LogP contribution in [0.5, 0.6) is 17.2 Å². The molecule has 0 bridgehead atoms. The van der Waals surface area contributed by atoms with Crippen LogP contribution in [0.25, 0.3) is 0 Å². The third-order valence-corrected chi connectivity index (χ3v) is 7.71. The first kappa shape index (κ1) is 26.5. The number of carbonyl (C=O) groups excluding carboxylic acids is 1. The van der Waals surface area contributed by atoms with Crippen LogP contribution in [0.4, 0.5) is 11.4 Å². The maximum Gasteiger partial charge on any atom is 0.265 e. The molecule has 0 heterocycles. The Hall–Kier alpha value is -3.08. The van der Waals surface area contributed by atoms with Gasteiger partial charge in [0.15, 0.2) is 11.5 Å². The highest BCUT2D eigenvalue weighted by atomic mass is 35.5. The van der Waals surface area contributed by atoms with Gasteiger partial charge < -0.3 is 19.5 Å². The number of hydrogen-bond acceptors (Lipinski definition) is 7. The van der Waals surface area contributed by atoms with Crippen molar-refractivity contribution in [2.75, 3.05) is 43.8 Å². The SMILES string of the molecule is COc1ccc(S(=O)(=O)N(CC(=O)Nc2cccc(SC)c2)c2cc(Cl)ccc2OC)cc1OC. The zero-order valence-corrected chi connectivity index (χ0v) is 22.0. The van der Waals surface area contributed by atoms with Gasteiger partial charge in [-0.05, 0) is 54.8 Å². The maximum atomic E-state index is 13.8. The predicted molar refractivity (Wildman–Crippen MR) is 139 cm³/mol. The molecule has 0 spiro atoms. The summed E-state index contributed by atoms with van der Waals surface area (Å²) in [5.41, 5.74) is 0.658. The van der Waals surface area contributed by atoms with Crippen molar-refractivity contribution in [2.45, 2.75) is 9.79 Å². The van der Waals surface area contributed by atoms with Crippen molar-refractivity contribution in [3.63, 3.8) is 0 Å². The molecular formula is C24H25ClN2O6S2. The third kappa shape index (κ3) is 6.14. The Balaban J connectivity index is 2.06. The number of anilines is 2. The summed E-state index contributed by atoms with van der Waals surface area (Å²) < 4.78 is 44.4. The van der Waals surface area contributed by atoms with E-state index in [1.54, 1.807) is 24.3 Å². The van der Waals surface area contributed by atoms with E-state index in [1.165, 1.54) is 63.4 Å². The Morgan fingerprint density at radius 2 is 1.63 bits per heavy atom. The molecule has 186 valence electrons. The van der Waals surface area contributed by atoms with Gasteiger partial charge in [0.2, 0.25) is 5.91 Å². The molecule has 1 N–H and O–H groups in total. The standard InChI is InChI=1S/C24H25ClN2O6S2/c1-31-21-10-8-16(25)12-20(21)27(15-24(28)26-17-6-5-7-18(13-17)34-4)35(29,30)19-9-11-22(32-2)23(14-19)33-3/h5-14H,15H2,1-4H3,(H,26,28). The fourth-order valence-corrected chi connectivity index (χ4v) is 5.36. The van der Waals surface area contributed by atoms with Crippen LogP contribution in [0.2, 0.25) is 5.02 Å². The zero-order chi connectivity index (χ0) is 25.6. The van der Waals surface area contributed by atoms with Crippen LogP contribution in [0, 0.1) is 0 Å². The number of amides is 1. The van der Waals surface area contributed by atoms with Gasteiger partial charge in [0, 0.05) is 21.7 Å². The van der Waals surface area contributed by atoms with Crippen LogP contribution in [-0.2, 0) is 14.8 Å². The summed E-state index contributed by atoms with van der Waals surface area (Å²) in [6, 6.07) is 16.0. The van der Waals surface area contributed by atoms with Crippen molar-refractivity contribution in [1.29, 1.82) is 0 Å². The Labute approximate surface area is 214 Å². The average Bonchev–Trinajstić information content (AvgIpc) is 2.86. The molecule has 0 aromatic heterocycles. The molecule has 0 atom stereocenters. The number of benzene rings is 3. The Kier molecular flexibility index (Phi) is 8.76. The van der Waals surface area contributed by atoms with E-state index >= 15 is 0 Å². The van der Waals surface area contributed by atoms with Gasteiger partial charge in [-0.15, -0.1) is 11.8 Å². The number of methoxy groups -OCH3 is 3. The van der Waals surface area contributed by atoms with E-state index < -0.39 is 22.5 Å². The summed E-state index contributed by atoms with van der Waals surface area (Å²) in [6.07, 6.45) is 1.92. The molecule has 0 radical (unpaired) electrons. The first-order chi connectivity index (χ1) is 16.7. The molecule has 0 aliphatic rings. The molecule has 0 aliphatic heterocycles. The normalized spacial score (nSPS) is 11.0. The summed E-state index contributed by atoms with van der Waals surface area (Å²) in [6.45, 7) is -0.531. The number of ether oxygens (including phenoxy) is 3. The molecule has 1 amide bonds. The van der Waals surface area contributed by atoms with Crippen molar-refractivity contribution >= 4 is 50.7 Å². The molecule has 11 heteroatoms. The lowest BCUT2D eigenvalue weighted by atomic mass is 10.3. The van der Waals surface area contributed by atoms with Crippen molar-refractivity contribution in [1.82, 2.24) is 0 Å². The summed E-state index contributed by atoms with van der Waals surface area (Å²) in [5, 5.41) is 3.04. The molecule has 3 rings (SSSR count). The van der Waals surface area contributed by atoms with Crippen molar-refractivity contribution < 1.29 is 27.4 Å². The van der Waals surface area contributed by atoms with Crippen LogP contribution in [0.15, 0.2) is 70.5 Å². The minimum Gasteiger partial charge on any atom is -0.495 e. The van der Waals surface area contributed by atoms with E-state index in [2.05, 4.69) is 5.32 Å². The summed E-state index contributed by atoms with van der Waals surface area (Å²) in [5.74, 6) is 0.277. The molecule has 0 unspecified atom stereocenters. The highest BCUT2D eigenvalue weighted by Crippen LogP contribution is 2.37. The van der Waals surface area contributed by atoms with Gasteiger partial charge in [-0.2, -0.15) is 0 Å². The van der Waals surface area contributed by atoms with Crippen LogP contribution in [0.1, 0.15) is 0 Å².